The molecule has 14 heavy (non-hydrogen) atoms. The molecule has 0 fully saturated rings. The van der Waals surface area contributed by atoms with Gasteiger partial charge in [-0.15, -0.1) is 11.3 Å². The second kappa shape index (κ2) is 6.23. The number of thiophene rings is 1. The number of likely N-dealkylation sites (N-methyl/N-ethyl adjacent to an activating group) is 1. The zero-order chi connectivity index (χ0) is 10.6. The van der Waals surface area contributed by atoms with E-state index in [9.17, 15) is 5.11 Å². The minimum Gasteiger partial charge on any atom is -0.391 e. The Morgan fingerprint density at radius 1 is 1.64 bits per heavy atom. The maximum atomic E-state index is 9.42. The van der Waals surface area contributed by atoms with Crippen LogP contribution >= 0.6 is 43.2 Å². The van der Waals surface area contributed by atoms with Crippen molar-refractivity contribution in [3.63, 3.8) is 0 Å². The molecular formula is C9H13Br2NOS. The monoisotopic (exact) mass is 341 g/mol. The Labute approximate surface area is 105 Å². The van der Waals surface area contributed by atoms with Gasteiger partial charge in [-0.05, 0) is 29.0 Å². The van der Waals surface area contributed by atoms with Gasteiger partial charge in [0.25, 0.3) is 0 Å². The lowest BCUT2D eigenvalue weighted by Crippen LogP contribution is -2.29. The maximum Gasteiger partial charge on any atom is 0.0763 e. The summed E-state index contributed by atoms with van der Waals surface area (Å²) in [5.74, 6) is 0. The van der Waals surface area contributed by atoms with Crippen LogP contribution in [0, 0.1) is 0 Å². The number of aliphatic hydroxyl groups is 1. The highest BCUT2D eigenvalue weighted by Gasteiger charge is 2.07. The summed E-state index contributed by atoms with van der Waals surface area (Å²) in [5, 5.41) is 12.1. The number of aliphatic hydroxyl groups excluding tert-OH is 1. The highest BCUT2D eigenvalue weighted by molar-refractivity contribution is 9.10. The zero-order valence-corrected chi connectivity index (χ0v) is 11.9. The normalized spacial score (nSPS) is 13.5. The van der Waals surface area contributed by atoms with E-state index in [1.165, 1.54) is 4.88 Å². The van der Waals surface area contributed by atoms with Crippen LogP contribution in [0.25, 0.3) is 0 Å². The molecule has 1 aromatic heterocycles. The molecule has 0 saturated carbocycles. The molecule has 0 radical (unpaired) electrons. The van der Waals surface area contributed by atoms with E-state index in [2.05, 4.69) is 48.2 Å². The molecule has 0 aromatic carbocycles. The molecule has 0 spiro atoms. The van der Waals surface area contributed by atoms with E-state index in [1.54, 1.807) is 11.3 Å². The van der Waals surface area contributed by atoms with Gasteiger partial charge < -0.3 is 5.11 Å². The van der Waals surface area contributed by atoms with Crippen molar-refractivity contribution in [2.24, 2.45) is 0 Å². The zero-order valence-electron chi connectivity index (χ0n) is 7.91. The molecule has 0 saturated heterocycles. The van der Waals surface area contributed by atoms with Gasteiger partial charge in [-0.3, -0.25) is 4.90 Å². The van der Waals surface area contributed by atoms with Crippen LogP contribution < -0.4 is 0 Å². The summed E-state index contributed by atoms with van der Waals surface area (Å²) in [7, 11) is 2.01. The third-order valence-corrected chi connectivity index (χ3v) is 4.18. The molecular weight excluding hydrogens is 330 g/mol. The summed E-state index contributed by atoms with van der Waals surface area (Å²) < 4.78 is 1.13. The van der Waals surface area contributed by atoms with Crippen molar-refractivity contribution in [2.45, 2.75) is 12.6 Å². The van der Waals surface area contributed by atoms with Gasteiger partial charge in [-0.1, -0.05) is 15.9 Å². The topological polar surface area (TPSA) is 23.5 Å². The summed E-state index contributed by atoms with van der Waals surface area (Å²) in [5.41, 5.74) is 0. The lowest BCUT2D eigenvalue weighted by Gasteiger charge is -2.18. The first-order valence-electron chi connectivity index (χ1n) is 4.27. The maximum absolute atomic E-state index is 9.42. The molecule has 0 aliphatic heterocycles. The highest BCUT2D eigenvalue weighted by atomic mass is 79.9. The van der Waals surface area contributed by atoms with Gasteiger partial charge in [0.15, 0.2) is 0 Å². The summed E-state index contributed by atoms with van der Waals surface area (Å²) >= 11 is 8.40. The Kier molecular flexibility index (Phi) is 5.62. The van der Waals surface area contributed by atoms with Crippen molar-refractivity contribution in [2.75, 3.05) is 18.9 Å². The smallest absolute Gasteiger partial charge is 0.0763 e. The Balaban J connectivity index is 2.37. The third-order valence-electron chi connectivity index (χ3n) is 1.75. The Morgan fingerprint density at radius 3 is 2.86 bits per heavy atom. The predicted octanol–water partition coefficient (Wildman–Crippen LogP) is 2.70. The Morgan fingerprint density at radius 2 is 2.36 bits per heavy atom. The summed E-state index contributed by atoms with van der Waals surface area (Å²) in [4.78, 5) is 3.42. The van der Waals surface area contributed by atoms with Crippen molar-refractivity contribution >= 4 is 43.2 Å². The van der Waals surface area contributed by atoms with Crippen molar-refractivity contribution in [1.29, 1.82) is 0 Å². The molecule has 2 nitrogen and oxygen atoms in total. The molecule has 5 heteroatoms. The minimum atomic E-state index is -0.289. The van der Waals surface area contributed by atoms with E-state index in [1.807, 2.05) is 7.05 Å². The first-order chi connectivity index (χ1) is 6.61. The van der Waals surface area contributed by atoms with Gasteiger partial charge in [-0.25, -0.2) is 0 Å². The van der Waals surface area contributed by atoms with E-state index < -0.39 is 0 Å². The quantitative estimate of drug-likeness (QED) is 0.831. The largest absolute Gasteiger partial charge is 0.391 e. The molecule has 1 unspecified atom stereocenters. The fourth-order valence-electron chi connectivity index (χ4n) is 1.18. The van der Waals surface area contributed by atoms with Crippen LogP contribution in [0.5, 0.6) is 0 Å². The van der Waals surface area contributed by atoms with Gasteiger partial charge in [0.05, 0.1) is 6.10 Å². The van der Waals surface area contributed by atoms with Gasteiger partial charge in [0.2, 0.25) is 0 Å². The lowest BCUT2D eigenvalue weighted by atomic mass is 10.3. The number of halogens is 2. The molecule has 1 aromatic rings. The SMILES string of the molecule is CN(Cc1cc(Br)cs1)CC(O)CBr. The molecule has 0 bridgehead atoms. The number of hydrogen-bond donors (Lipinski definition) is 1. The van der Waals surface area contributed by atoms with Crippen LogP contribution in [-0.2, 0) is 6.54 Å². The summed E-state index contributed by atoms with van der Waals surface area (Å²) in [6.45, 7) is 1.58. The molecule has 0 aliphatic rings. The number of nitrogens with zero attached hydrogens (tertiary/aromatic N) is 1. The van der Waals surface area contributed by atoms with E-state index in [4.69, 9.17) is 0 Å². The van der Waals surface area contributed by atoms with Crippen LogP contribution in [0.4, 0.5) is 0 Å². The predicted molar refractivity (Wildman–Crippen MR) is 68.2 cm³/mol. The fraction of sp³-hybridized carbons (Fsp3) is 0.556. The first kappa shape index (κ1) is 12.6. The van der Waals surface area contributed by atoms with E-state index in [0.29, 0.717) is 11.9 Å². The Bertz CT molecular complexity index is 280. The van der Waals surface area contributed by atoms with Crippen LogP contribution in [0.1, 0.15) is 4.88 Å². The van der Waals surface area contributed by atoms with E-state index in [0.717, 1.165) is 11.0 Å². The highest BCUT2D eigenvalue weighted by Crippen LogP contribution is 2.20. The Hall–Kier alpha value is 0.580. The first-order valence-corrected chi connectivity index (χ1v) is 7.06. The van der Waals surface area contributed by atoms with Crippen LogP contribution in [0.3, 0.4) is 0 Å². The van der Waals surface area contributed by atoms with Gasteiger partial charge in [0.1, 0.15) is 0 Å². The second-order valence-electron chi connectivity index (χ2n) is 3.24. The second-order valence-corrected chi connectivity index (χ2v) is 5.80. The summed E-state index contributed by atoms with van der Waals surface area (Å²) in [6, 6.07) is 2.11. The number of hydrogen-bond acceptors (Lipinski definition) is 3. The molecule has 1 rings (SSSR count). The van der Waals surface area contributed by atoms with Gasteiger partial charge >= 0.3 is 0 Å². The molecule has 1 atom stereocenters. The van der Waals surface area contributed by atoms with Crippen LogP contribution in [0.15, 0.2) is 15.9 Å². The van der Waals surface area contributed by atoms with Crippen LogP contribution in [0.2, 0.25) is 0 Å². The fourth-order valence-corrected chi connectivity index (χ4v) is 2.91. The van der Waals surface area contributed by atoms with E-state index >= 15 is 0 Å². The number of alkyl halides is 1. The van der Waals surface area contributed by atoms with Crippen molar-refractivity contribution in [3.05, 3.63) is 20.8 Å². The van der Waals surface area contributed by atoms with Crippen molar-refractivity contribution < 1.29 is 5.11 Å². The van der Waals surface area contributed by atoms with Crippen molar-refractivity contribution in [3.8, 4) is 0 Å². The van der Waals surface area contributed by atoms with Gasteiger partial charge in [-0.2, -0.15) is 0 Å². The molecule has 1 heterocycles. The standard InChI is InChI=1S/C9H13Br2NOS/c1-12(4-8(13)3-10)5-9-2-7(11)6-14-9/h2,6,8,13H,3-5H2,1H3. The third kappa shape index (κ3) is 4.40. The van der Waals surface area contributed by atoms with Crippen LogP contribution in [-0.4, -0.2) is 35.0 Å². The molecule has 80 valence electrons. The average molecular weight is 343 g/mol. The average Bonchev–Trinajstić information content (AvgIpc) is 2.50. The number of rotatable bonds is 5. The molecule has 0 amide bonds. The molecule has 0 aliphatic carbocycles. The van der Waals surface area contributed by atoms with E-state index in [-0.39, 0.29) is 6.10 Å². The lowest BCUT2D eigenvalue weighted by molar-refractivity contribution is 0.143. The molecule has 1 N–H and O–H groups in total. The summed E-state index contributed by atoms with van der Waals surface area (Å²) in [6.07, 6.45) is -0.289. The van der Waals surface area contributed by atoms with Gasteiger partial charge in [0, 0.05) is 33.1 Å². The van der Waals surface area contributed by atoms with Crippen molar-refractivity contribution in [1.82, 2.24) is 4.90 Å². The minimum absolute atomic E-state index is 0.289.